The predicted octanol–water partition coefficient (Wildman–Crippen LogP) is 5.67. The van der Waals surface area contributed by atoms with Crippen LogP contribution in [0.1, 0.15) is 97.3 Å². The highest BCUT2D eigenvalue weighted by Crippen LogP contribution is 2.16. The number of aliphatic hydroxyl groups is 1. The minimum absolute atomic E-state index is 0.285. The van der Waals surface area contributed by atoms with E-state index < -0.39 is 6.23 Å². The Bertz CT molecular complexity index is 339. The second-order valence-electron chi connectivity index (χ2n) is 7.10. The molecule has 0 aromatic heterocycles. The van der Waals surface area contributed by atoms with Crippen LogP contribution in [0, 0.1) is 0 Å². The van der Waals surface area contributed by atoms with E-state index in [1.54, 1.807) is 0 Å². The summed E-state index contributed by atoms with van der Waals surface area (Å²) in [5.74, 6) is 0. The Labute approximate surface area is 150 Å². The van der Waals surface area contributed by atoms with E-state index in [0.29, 0.717) is 0 Å². The minimum atomic E-state index is -0.402. The third-order valence-electron chi connectivity index (χ3n) is 4.82. The molecular formula is C21H40N2O. The highest BCUT2D eigenvalue weighted by atomic mass is 16.3. The molecule has 1 aliphatic rings. The van der Waals surface area contributed by atoms with Gasteiger partial charge in [0.15, 0.2) is 0 Å². The maximum absolute atomic E-state index is 9.67. The van der Waals surface area contributed by atoms with Gasteiger partial charge in [-0.25, -0.2) is 0 Å². The summed E-state index contributed by atoms with van der Waals surface area (Å²) in [6, 6.07) is 0. The van der Waals surface area contributed by atoms with Gasteiger partial charge in [0.1, 0.15) is 12.4 Å². The number of rotatable bonds is 15. The fourth-order valence-corrected chi connectivity index (χ4v) is 3.28. The van der Waals surface area contributed by atoms with Crippen molar-refractivity contribution in [2.45, 2.75) is 110 Å². The highest BCUT2D eigenvalue weighted by molar-refractivity contribution is 4.94. The fraction of sp³-hybridized carbons (Fsp3) is 0.810. The summed E-state index contributed by atoms with van der Waals surface area (Å²) in [5, 5.41) is 13.0. The molecule has 0 amide bonds. The van der Waals surface area contributed by atoms with E-state index in [1.165, 1.54) is 77.0 Å². The van der Waals surface area contributed by atoms with Crippen LogP contribution in [-0.2, 0) is 0 Å². The van der Waals surface area contributed by atoms with E-state index >= 15 is 0 Å². The number of hydrogen-bond donors (Lipinski definition) is 2. The molecule has 0 radical (unpaired) electrons. The lowest BCUT2D eigenvalue weighted by Crippen LogP contribution is -2.40. The quantitative estimate of drug-likeness (QED) is 0.298. The molecule has 3 heteroatoms. The van der Waals surface area contributed by atoms with Crippen molar-refractivity contribution < 1.29 is 5.11 Å². The van der Waals surface area contributed by atoms with Gasteiger partial charge >= 0.3 is 0 Å². The summed E-state index contributed by atoms with van der Waals surface area (Å²) in [6.45, 7) is 4.09. The van der Waals surface area contributed by atoms with E-state index in [9.17, 15) is 5.11 Å². The van der Waals surface area contributed by atoms with Crippen molar-refractivity contribution >= 4 is 0 Å². The number of nitrogens with one attached hydrogen (secondary N) is 1. The summed E-state index contributed by atoms with van der Waals surface area (Å²) in [7, 11) is 0. The van der Waals surface area contributed by atoms with Gasteiger partial charge in [0, 0.05) is 12.4 Å². The number of aliphatic hydroxyl groups excluding tert-OH is 1. The molecule has 0 saturated heterocycles. The van der Waals surface area contributed by atoms with Crippen LogP contribution in [-0.4, -0.2) is 22.4 Å². The van der Waals surface area contributed by atoms with Gasteiger partial charge in [0.25, 0.3) is 0 Å². The summed E-state index contributed by atoms with van der Waals surface area (Å²) in [4.78, 5) is 1.99. The van der Waals surface area contributed by atoms with Gasteiger partial charge in [-0.3, -0.25) is 0 Å². The number of allylic oxidation sites excluding steroid dienone is 2. The molecule has 1 aliphatic heterocycles. The number of unbranched alkanes of at least 4 members (excludes halogenated alkanes) is 10. The lowest BCUT2D eigenvalue weighted by molar-refractivity contribution is 0.0254. The van der Waals surface area contributed by atoms with Crippen LogP contribution >= 0.6 is 0 Å². The molecule has 1 heterocycles. The first-order valence-electron chi connectivity index (χ1n) is 10.3. The van der Waals surface area contributed by atoms with Crippen molar-refractivity contribution in [3.63, 3.8) is 0 Å². The summed E-state index contributed by atoms with van der Waals surface area (Å²) < 4.78 is 0. The Kier molecular flexibility index (Phi) is 12.6. The summed E-state index contributed by atoms with van der Waals surface area (Å²) in [6.07, 6.45) is 25.6. The van der Waals surface area contributed by atoms with Crippen LogP contribution in [0.3, 0.4) is 0 Å². The van der Waals surface area contributed by atoms with Crippen LogP contribution in [0.15, 0.2) is 24.6 Å². The molecule has 24 heavy (non-hydrogen) atoms. The zero-order chi connectivity index (χ0) is 17.5. The van der Waals surface area contributed by atoms with Crippen molar-refractivity contribution in [3.8, 4) is 0 Å². The standard InChI is InChI=1S/C21H40N2O/c1-3-4-5-6-7-8-9-10-11-12-13-14-15-16-17-21-22-18-19-23(21)20(2)24/h8-9,18-22,24H,3-7,10-17H2,1-2H3/b9-8+. The van der Waals surface area contributed by atoms with Crippen LogP contribution in [0.4, 0.5) is 0 Å². The monoisotopic (exact) mass is 336 g/mol. The number of nitrogens with zero attached hydrogens (tertiary/aromatic N) is 1. The molecule has 1 rings (SSSR count). The largest absolute Gasteiger partial charge is 0.374 e. The summed E-state index contributed by atoms with van der Waals surface area (Å²) >= 11 is 0. The van der Waals surface area contributed by atoms with Crippen molar-refractivity contribution in [1.29, 1.82) is 0 Å². The van der Waals surface area contributed by atoms with Gasteiger partial charge in [-0.2, -0.15) is 0 Å². The summed E-state index contributed by atoms with van der Waals surface area (Å²) in [5.41, 5.74) is 0. The van der Waals surface area contributed by atoms with Crippen molar-refractivity contribution in [1.82, 2.24) is 10.2 Å². The Morgan fingerprint density at radius 1 is 0.958 bits per heavy atom. The first-order valence-corrected chi connectivity index (χ1v) is 10.3. The van der Waals surface area contributed by atoms with Crippen LogP contribution in [0.2, 0.25) is 0 Å². The molecule has 0 aromatic carbocycles. The maximum atomic E-state index is 9.67. The van der Waals surface area contributed by atoms with Gasteiger partial charge in [0.05, 0.1) is 0 Å². The van der Waals surface area contributed by atoms with Gasteiger partial charge in [-0.15, -0.1) is 0 Å². The van der Waals surface area contributed by atoms with Gasteiger partial charge in [0.2, 0.25) is 0 Å². The SMILES string of the molecule is CCCCCC/C=C/CCCCCCCCC1NC=CN1C(C)O. The van der Waals surface area contributed by atoms with E-state index in [4.69, 9.17) is 0 Å². The first-order chi connectivity index (χ1) is 11.8. The average Bonchev–Trinajstić information content (AvgIpc) is 3.04. The topological polar surface area (TPSA) is 35.5 Å². The van der Waals surface area contributed by atoms with E-state index in [0.717, 1.165) is 6.42 Å². The van der Waals surface area contributed by atoms with Crippen LogP contribution in [0.5, 0.6) is 0 Å². The fourth-order valence-electron chi connectivity index (χ4n) is 3.28. The first kappa shape index (κ1) is 21.1. The molecule has 2 unspecified atom stereocenters. The maximum Gasteiger partial charge on any atom is 0.125 e. The molecule has 2 N–H and O–H groups in total. The second-order valence-corrected chi connectivity index (χ2v) is 7.10. The molecule has 0 saturated carbocycles. The molecule has 0 fully saturated rings. The molecule has 2 atom stereocenters. The van der Waals surface area contributed by atoms with E-state index in [2.05, 4.69) is 24.4 Å². The number of hydrogen-bond acceptors (Lipinski definition) is 3. The molecular weight excluding hydrogens is 296 g/mol. The van der Waals surface area contributed by atoms with E-state index in [-0.39, 0.29) is 6.17 Å². The van der Waals surface area contributed by atoms with Crippen molar-refractivity contribution in [3.05, 3.63) is 24.6 Å². The second kappa shape index (κ2) is 14.4. The Balaban J connectivity index is 1.83. The lowest BCUT2D eigenvalue weighted by atomic mass is 10.1. The highest BCUT2D eigenvalue weighted by Gasteiger charge is 2.20. The molecule has 0 bridgehead atoms. The molecule has 0 spiro atoms. The van der Waals surface area contributed by atoms with Crippen LogP contribution < -0.4 is 5.32 Å². The lowest BCUT2D eigenvalue weighted by Gasteiger charge is -2.28. The predicted molar refractivity (Wildman–Crippen MR) is 104 cm³/mol. The average molecular weight is 337 g/mol. The third kappa shape index (κ3) is 10.0. The van der Waals surface area contributed by atoms with Gasteiger partial charge in [-0.1, -0.05) is 64.0 Å². The minimum Gasteiger partial charge on any atom is -0.374 e. The van der Waals surface area contributed by atoms with E-state index in [1.807, 2.05) is 24.2 Å². The molecule has 0 aromatic rings. The smallest absolute Gasteiger partial charge is 0.125 e. The molecule has 140 valence electrons. The zero-order valence-electron chi connectivity index (χ0n) is 16.1. The third-order valence-corrected chi connectivity index (χ3v) is 4.82. The zero-order valence-corrected chi connectivity index (χ0v) is 16.1. The molecule has 3 nitrogen and oxygen atoms in total. The Hall–Kier alpha value is -0.960. The van der Waals surface area contributed by atoms with Gasteiger partial charge < -0.3 is 15.3 Å². The van der Waals surface area contributed by atoms with Crippen LogP contribution in [0.25, 0.3) is 0 Å². The molecule has 0 aliphatic carbocycles. The van der Waals surface area contributed by atoms with Crippen molar-refractivity contribution in [2.24, 2.45) is 0 Å². The van der Waals surface area contributed by atoms with Gasteiger partial charge in [-0.05, 0) is 45.4 Å². The van der Waals surface area contributed by atoms with Crippen molar-refractivity contribution in [2.75, 3.05) is 0 Å². The Morgan fingerprint density at radius 2 is 1.54 bits per heavy atom. The normalized spacial score (nSPS) is 18.5. The Morgan fingerprint density at radius 3 is 2.17 bits per heavy atom.